The standard InChI is InChI=1S/C14H21NO2/c1-10(2)11(3)17-14(16)13(15)9-12-7-5-4-6-8-12/h4-8,10-11,13H,9,15H2,1-3H3/t11-,13+/m1/s1. The molecule has 1 aromatic rings. The summed E-state index contributed by atoms with van der Waals surface area (Å²) in [7, 11) is 0. The van der Waals surface area contributed by atoms with Gasteiger partial charge in [0.1, 0.15) is 12.1 Å². The number of carbonyl (C=O) groups is 1. The van der Waals surface area contributed by atoms with E-state index in [2.05, 4.69) is 0 Å². The van der Waals surface area contributed by atoms with Gasteiger partial charge in [-0.05, 0) is 24.8 Å². The number of rotatable bonds is 5. The fourth-order valence-corrected chi connectivity index (χ4v) is 1.36. The van der Waals surface area contributed by atoms with Crippen molar-refractivity contribution in [3.8, 4) is 0 Å². The summed E-state index contributed by atoms with van der Waals surface area (Å²) in [6, 6.07) is 9.14. The maximum atomic E-state index is 11.7. The highest BCUT2D eigenvalue weighted by molar-refractivity contribution is 5.76. The van der Waals surface area contributed by atoms with Crippen LogP contribution in [0, 0.1) is 5.92 Å². The minimum atomic E-state index is -0.585. The van der Waals surface area contributed by atoms with Crippen LogP contribution < -0.4 is 5.73 Å². The van der Waals surface area contributed by atoms with Gasteiger partial charge in [0.2, 0.25) is 0 Å². The summed E-state index contributed by atoms with van der Waals surface area (Å²) >= 11 is 0. The molecule has 0 heterocycles. The van der Waals surface area contributed by atoms with E-state index in [1.807, 2.05) is 51.1 Å². The van der Waals surface area contributed by atoms with E-state index in [4.69, 9.17) is 10.5 Å². The van der Waals surface area contributed by atoms with Gasteiger partial charge in [-0.15, -0.1) is 0 Å². The molecular formula is C14H21NO2. The zero-order valence-corrected chi connectivity index (χ0v) is 10.7. The summed E-state index contributed by atoms with van der Waals surface area (Å²) in [6.07, 6.45) is 0.425. The molecule has 0 saturated heterocycles. The van der Waals surface area contributed by atoms with Crippen molar-refractivity contribution in [1.29, 1.82) is 0 Å². The molecule has 0 aromatic heterocycles. The van der Waals surface area contributed by atoms with Gasteiger partial charge in [0.25, 0.3) is 0 Å². The zero-order valence-electron chi connectivity index (χ0n) is 10.7. The summed E-state index contributed by atoms with van der Waals surface area (Å²) in [4.78, 5) is 11.7. The number of esters is 1. The van der Waals surface area contributed by atoms with Gasteiger partial charge in [-0.3, -0.25) is 4.79 Å². The molecule has 0 aliphatic carbocycles. The van der Waals surface area contributed by atoms with Crippen molar-refractivity contribution in [1.82, 2.24) is 0 Å². The summed E-state index contributed by atoms with van der Waals surface area (Å²) in [5.41, 5.74) is 6.87. The predicted molar refractivity (Wildman–Crippen MR) is 68.5 cm³/mol. The van der Waals surface area contributed by atoms with Crippen LogP contribution in [0.2, 0.25) is 0 Å². The molecule has 3 heteroatoms. The lowest BCUT2D eigenvalue weighted by Gasteiger charge is -2.19. The number of benzene rings is 1. The van der Waals surface area contributed by atoms with Crippen molar-refractivity contribution in [2.75, 3.05) is 0 Å². The fraction of sp³-hybridized carbons (Fsp3) is 0.500. The molecule has 1 rings (SSSR count). The first-order valence-corrected chi connectivity index (χ1v) is 6.00. The third-order valence-corrected chi connectivity index (χ3v) is 2.84. The van der Waals surface area contributed by atoms with Crippen molar-refractivity contribution >= 4 is 5.97 Å². The number of ether oxygens (including phenoxy) is 1. The van der Waals surface area contributed by atoms with E-state index in [9.17, 15) is 4.79 Å². The molecular weight excluding hydrogens is 214 g/mol. The molecule has 2 atom stereocenters. The number of carbonyl (C=O) groups excluding carboxylic acids is 1. The molecule has 17 heavy (non-hydrogen) atoms. The van der Waals surface area contributed by atoms with Crippen molar-refractivity contribution in [3.05, 3.63) is 35.9 Å². The second kappa shape index (κ2) is 6.40. The average Bonchev–Trinajstić information content (AvgIpc) is 2.29. The monoisotopic (exact) mass is 235 g/mol. The number of nitrogens with two attached hydrogens (primary N) is 1. The maximum Gasteiger partial charge on any atom is 0.323 e. The minimum Gasteiger partial charge on any atom is -0.461 e. The average molecular weight is 235 g/mol. The SMILES string of the molecule is CC(C)[C@@H](C)OC(=O)[C@@H](N)Cc1ccccc1. The van der Waals surface area contributed by atoms with Gasteiger partial charge in [0, 0.05) is 0 Å². The van der Waals surface area contributed by atoms with Crippen LogP contribution in [-0.4, -0.2) is 18.1 Å². The Balaban J connectivity index is 2.48. The van der Waals surface area contributed by atoms with Gasteiger partial charge < -0.3 is 10.5 Å². The summed E-state index contributed by atoms with van der Waals surface area (Å²) in [6.45, 7) is 5.92. The molecule has 3 nitrogen and oxygen atoms in total. The van der Waals surface area contributed by atoms with E-state index >= 15 is 0 Å². The van der Waals surface area contributed by atoms with Gasteiger partial charge in [-0.25, -0.2) is 0 Å². The molecule has 0 aliphatic heterocycles. The molecule has 0 spiro atoms. The van der Waals surface area contributed by atoms with Crippen LogP contribution in [0.3, 0.4) is 0 Å². The van der Waals surface area contributed by atoms with Crippen molar-refractivity contribution in [2.24, 2.45) is 11.7 Å². The lowest BCUT2D eigenvalue weighted by Crippen LogP contribution is -2.37. The Kier molecular flexibility index (Phi) is 5.16. The third-order valence-electron chi connectivity index (χ3n) is 2.84. The largest absolute Gasteiger partial charge is 0.461 e. The van der Waals surface area contributed by atoms with Gasteiger partial charge in [-0.2, -0.15) is 0 Å². The van der Waals surface area contributed by atoms with Crippen molar-refractivity contribution in [2.45, 2.75) is 39.3 Å². The van der Waals surface area contributed by atoms with Gasteiger partial charge >= 0.3 is 5.97 Å². The maximum absolute atomic E-state index is 11.7. The molecule has 0 aliphatic rings. The van der Waals surface area contributed by atoms with Crippen LogP contribution in [0.1, 0.15) is 26.3 Å². The second-order valence-corrected chi connectivity index (χ2v) is 4.68. The third kappa shape index (κ3) is 4.57. The molecule has 94 valence electrons. The number of hydrogen-bond acceptors (Lipinski definition) is 3. The molecule has 2 N–H and O–H groups in total. The van der Waals surface area contributed by atoms with Gasteiger partial charge in [-0.1, -0.05) is 44.2 Å². The van der Waals surface area contributed by atoms with E-state index < -0.39 is 6.04 Å². The molecule has 0 fully saturated rings. The minimum absolute atomic E-state index is 0.0932. The lowest BCUT2D eigenvalue weighted by molar-refractivity contribution is -0.151. The first kappa shape index (κ1) is 13.7. The predicted octanol–water partition coefficient (Wildman–Crippen LogP) is 2.14. The van der Waals surface area contributed by atoms with Crippen LogP contribution >= 0.6 is 0 Å². The van der Waals surface area contributed by atoms with Crippen LogP contribution in [0.5, 0.6) is 0 Å². The lowest BCUT2D eigenvalue weighted by atomic mass is 10.1. The Bertz CT molecular complexity index is 348. The number of hydrogen-bond donors (Lipinski definition) is 1. The van der Waals surface area contributed by atoms with E-state index in [-0.39, 0.29) is 12.1 Å². The topological polar surface area (TPSA) is 52.3 Å². The van der Waals surface area contributed by atoms with Crippen LogP contribution in [0.25, 0.3) is 0 Å². The Morgan fingerprint density at radius 1 is 1.24 bits per heavy atom. The Morgan fingerprint density at radius 2 is 1.82 bits per heavy atom. The van der Waals surface area contributed by atoms with Crippen molar-refractivity contribution in [3.63, 3.8) is 0 Å². The van der Waals surface area contributed by atoms with Gasteiger partial charge in [0.05, 0.1) is 0 Å². The highest BCUT2D eigenvalue weighted by Gasteiger charge is 2.19. The normalized spacial score (nSPS) is 14.4. The molecule has 0 saturated carbocycles. The molecule has 0 amide bonds. The van der Waals surface area contributed by atoms with Gasteiger partial charge in [0.15, 0.2) is 0 Å². The molecule has 0 bridgehead atoms. The molecule has 0 unspecified atom stereocenters. The quantitative estimate of drug-likeness (QED) is 0.795. The highest BCUT2D eigenvalue weighted by Crippen LogP contribution is 2.08. The van der Waals surface area contributed by atoms with E-state index in [1.54, 1.807) is 0 Å². The first-order valence-electron chi connectivity index (χ1n) is 6.00. The second-order valence-electron chi connectivity index (χ2n) is 4.68. The van der Waals surface area contributed by atoms with E-state index in [0.29, 0.717) is 12.3 Å². The summed E-state index contributed by atoms with van der Waals surface area (Å²) < 4.78 is 5.28. The summed E-state index contributed by atoms with van der Waals surface area (Å²) in [5, 5.41) is 0. The highest BCUT2D eigenvalue weighted by atomic mass is 16.5. The Hall–Kier alpha value is -1.35. The summed E-state index contributed by atoms with van der Waals surface area (Å²) in [5.74, 6) is -0.0158. The Morgan fingerprint density at radius 3 is 2.35 bits per heavy atom. The Labute approximate surface area is 103 Å². The molecule has 1 aromatic carbocycles. The first-order chi connectivity index (χ1) is 8.00. The van der Waals surface area contributed by atoms with E-state index in [0.717, 1.165) is 5.56 Å². The van der Waals surface area contributed by atoms with E-state index in [1.165, 1.54) is 0 Å². The van der Waals surface area contributed by atoms with Crippen LogP contribution in [0.15, 0.2) is 30.3 Å². The molecule has 0 radical (unpaired) electrons. The smallest absolute Gasteiger partial charge is 0.323 e. The zero-order chi connectivity index (χ0) is 12.8. The fourth-order valence-electron chi connectivity index (χ4n) is 1.36. The van der Waals surface area contributed by atoms with Crippen LogP contribution in [0.4, 0.5) is 0 Å². The van der Waals surface area contributed by atoms with Crippen molar-refractivity contribution < 1.29 is 9.53 Å². The van der Waals surface area contributed by atoms with Crippen LogP contribution in [-0.2, 0) is 16.0 Å².